The van der Waals surface area contributed by atoms with Gasteiger partial charge in [-0.15, -0.1) is 0 Å². The molecule has 0 aliphatic heterocycles. The minimum absolute atomic E-state index is 0. The van der Waals surface area contributed by atoms with E-state index in [0.717, 1.165) is 70.9 Å². The molecule has 0 saturated carbocycles. The molecule has 0 fully saturated rings. The van der Waals surface area contributed by atoms with E-state index >= 15 is 0 Å². The van der Waals surface area contributed by atoms with E-state index < -0.39 is 0 Å². The van der Waals surface area contributed by atoms with Crippen molar-refractivity contribution in [3.05, 3.63) is 118 Å². The van der Waals surface area contributed by atoms with Crippen LogP contribution in [-0.2, 0) is 73.4 Å². The van der Waals surface area contributed by atoms with Crippen LogP contribution in [-0.4, -0.2) is 26.9 Å². The van der Waals surface area contributed by atoms with Gasteiger partial charge < -0.3 is 69.5 Å². The van der Waals surface area contributed by atoms with Crippen LogP contribution >= 0.6 is 0 Å². The molecule has 60 heavy (non-hydrogen) atoms. The van der Waals surface area contributed by atoms with Crippen molar-refractivity contribution in [2.24, 2.45) is 23.7 Å². The predicted octanol–water partition coefficient (Wildman–Crippen LogP) is 13.8. The predicted molar refractivity (Wildman–Crippen MR) is 263 cm³/mol. The Morgan fingerprint density at radius 1 is 0.483 bits per heavy atom. The van der Waals surface area contributed by atoms with Crippen LogP contribution in [0.5, 0.6) is 23.0 Å². The summed E-state index contributed by atoms with van der Waals surface area (Å²) < 4.78 is 23.4. The maximum Gasteiger partial charge on any atom is 0.125 e. The van der Waals surface area contributed by atoms with Crippen LogP contribution in [0.1, 0.15) is 121 Å². The SMILES string of the molecule is COc1ccc(/C([S-])=C(/[S-])c2cc(CCCC(C)C)ccc2OCCC(C)C)cc1.Cc1ccc(/C([S-])=C(/[S-])c2cc(OCCC(C)C)ccc2OCCC(C)C)cc1.[Ni]. The fraction of sp³-hybridized carbons (Fsp3) is 0.451. The Bertz CT molecular complexity index is 1920. The zero-order valence-corrected chi connectivity index (χ0v) is 41.6. The van der Waals surface area contributed by atoms with Gasteiger partial charge in [0.05, 0.1) is 26.9 Å². The molecule has 0 aliphatic carbocycles. The normalized spacial score (nSPS) is 12.0. The van der Waals surface area contributed by atoms with Crippen LogP contribution < -0.4 is 18.9 Å². The number of benzene rings is 4. The molecule has 4 aromatic carbocycles. The van der Waals surface area contributed by atoms with Gasteiger partial charge in [0, 0.05) is 16.5 Å². The van der Waals surface area contributed by atoms with Gasteiger partial charge in [0.2, 0.25) is 0 Å². The minimum Gasteiger partial charge on any atom is -0.780 e. The Balaban J connectivity index is 0.000000407. The molecule has 0 aliphatic rings. The molecule has 0 aromatic heterocycles. The molecule has 332 valence electrons. The monoisotopic (exact) mass is 928 g/mol. The Hall–Kier alpha value is -3.07. The largest absolute Gasteiger partial charge is 0.780 e. The van der Waals surface area contributed by atoms with Gasteiger partial charge in [-0.05, 0) is 133 Å². The zero-order valence-electron chi connectivity index (χ0n) is 37.3. The molecule has 0 amide bonds. The van der Waals surface area contributed by atoms with Gasteiger partial charge in [-0.2, -0.15) is 19.6 Å². The number of hydrogen-bond donors (Lipinski definition) is 0. The molecule has 4 rings (SSSR count). The second kappa shape index (κ2) is 27.8. The Morgan fingerprint density at radius 2 is 0.900 bits per heavy atom. The van der Waals surface area contributed by atoms with E-state index in [-0.39, 0.29) is 16.5 Å². The summed E-state index contributed by atoms with van der Waals surface area (Å²) in [7, 11) is 1.66. The summed E-state index contributed by atoms with van der Waals surface area (Å²) in [5.41, 5.74) is 6.11. The van der Waals surface area contributed by atoms with Crippen molar-refractivity contribution in [2.45, 2.75) is 101 Å². The van der Waals surface area contributed by atoms with Crippen LogP contribution in [0.4, 0.5) is 0 Å². The molecule has 9 heteroatoms. The Morgan fingerprint density at radius 3 is 1.37 bits per heavy atom. The second-order valence-corrected chi connectivity index (χ2v) is 18.4. The number of hydrogen-bond acceptors (Lipinski definition) is 8. The van der Waals surface area contributed by atoms with Crippen LogP contribution in [0, 0.1) is 30.6 Å². The average Bonchev–Trinajstić information content (AvgIpc) is 3.20. The van der Waals surface area contributed by atoms with Crippen molar-refractivity contribution in [3.8, 4) is 23.0 Å². The van der Waals surface area contributed by atoms with E-state index in [4.69, 9.17) is 69.5 Å². The molecular formula is C51H66NiO4S4-4. The van der Waals surface area contributed by atoms with Crippen molar-refractivity contribution in [3.63, 3.8) is 0 Å². The fourth-order valence-corrected chi connectivity index (χ4v) is 6.88. The first-order valence-electron chi connectivity index (χ1n) is 21.1. The van der Waals surface area contributed by atoms with E-state index in [1.54, 1.807) is 7.11 Å². The van der Waals surface area contributed by atoms with Crippen molar-refractivity contribution in [1.29, 1.82) is 0 Å². The standard InChI is InChI=1S/C26H36O2S2.C25H34O2S2.Ni/c1-18(2)7-6-8-20-9-14-24(28-16-15-19(3)4)23(17-20)26(30)25(29)21-10-12-22(27-5)13-11-21;1-17(2)12-14-26-21-10-11-23(27-15-13-18(3)4)22(16-21)25(29)24(28)20-8-6-19(5)7-9-20;/h9-14,17-19,29-30H,6-8,15-16H2,1-5H3;6-11,16-18,28-29H,12-15H2,1-5H3;/p-4/b26-25-;25-24-;. The van der Waals surface area contributed by atoms with Crippen LogP contribution in [0.2, 0.25) is 0 Å². The molecule has 0 bridgehead atoms. The first-order chi connectivity index (χ1) is 28.1. The first-order valence-corrected chi connectivity index (χ1v) is 22.8. The molecular weight excluding hydrogens is 864 g/mol. The molecule has 4 aromatic rings. The molecule has 4 nitrogen and oxygen atoms in total. The van der Waals surface area contributed by atoms with Crippen molar-refractivity contribution in [1.82, 2.24) is 0 Å². The van der Waals surface area contributed by atoms with E-state index in [2.05, 4.69) is 92.6 Å². The quantitative estimate of drug-likeness (QED) is 0.0465. The first kappa shape index (κ1) is 53.1. The van der Waals surface area contributed by atoms with Gasteiger partial charge in [-0.1, -0.05) is 110 Å². The van der Waals surface area contributed by atoms with E-state index in [9.17, 15) is 0 Å². The van der Waals surface area contributed by atoms with Crippen molar-refractivity contribution >= 4 is 70.1 Å². The summed E-state index contributed by atoms with van der Waals surface area (Å²) in [4.78, 5) is 2.62. The van der Waals surface area contributed by atoms with Gasteiger partial charge >= 0.3 is 0 Å². The summed E-state index contributed by atoms with van der Waals surface area (Å²) in [6, 6.07) is 28.1. The third kappa shape index (κ3) is 18.5. The molecule has 0 N–H and O–H groups in total. The fourth-order valence-electron chi connectivity index (χ4n) is 5.83. The topological polar surface area (TPSA) is 36.9 Å². The molecule has 0 atom stereocenters. The molecule has 0 heterocycles. The zero-order chi connectivity index (χ0) is 43.5. The molecule has 0 unspecified atom stereocenters. The molecule has 0 radical (unpaired) electrons. The smallest absolute Gasteiger partial charge is 0.125 e. The van der Waals surface area contributed by atoms with Crippen molar-refractivity contribution < 1.29 is 35.4 Å². The summed E-state index contributed by atoms with van der Waals surface area (Å²) in [6.45, 7) is 21.7. The average molecular weight is 930 g/mol. The summed E-state index contributed by atoms with van der Waals surface area (Å²) in [5.74, 6) is 5.68. The number of aryl methyl sites for hydroxylation is 2. The van der Waals surface area contributed by atoms with Gasteiger partial charge in [-0.25, -0.2) is 0 Å². The maximum absolute atomic E-state index is 6.12. The van der Waals surface area contributed by atoms with Gasteiger partial charge in [-0.3, -0.25) is 0 Å². The Kier molecular flexibility index (Phi) is 24.6. The van der Waals surface area contributed by atoms with Crippen LogP contribution in [0.3, 0.4) is 0 Å². The second-order valence-electron chi connectivity index (χ2n) is 16.8. The van der Waals surface area contributed by atoms with Gasteiger partial charge in [0.25, 0.3) is 0 Å². The number of rotatable bonds is 21. The van der Waals surface area contributed by atoms with Gasteiger partial charge in [0.1, 0.15) is 23.0 Å². The van der Waals surface area contributed by atoms with E-state index in [1.807, 2.05) is 54.6 Å². The maximum atomic E-state index is 6.12. The minimum atomic E-state index is 0. The third-order valence-electron chi connectivity index (χ3n) is 9.68. The summed E-state index contributed by atoms with van der Waals surface area (Å²) >= 11 is 23.1. The third-order valence-corrected chi connectivity index (χ3v) is 11.7. The molecule has 0 spiro atoms. The number of ether oxygens (including phenoxy) is 4. The van der Waals surface area contributed by atoms with E-state index in [1.165, 1.54) is 24.0 Å². The number of methoxy groups -OCH3 is 1. The van der Waals surface area contributed by atoms with Crippen molar-refractivity contribution in [2.75, 3.05) is 26.9 Å². The van der Waals surface area contributed by atoms with E-state index in [0.29, 0.717) is 63.1 Å². The Labute approximate surface area is 395 Å². The van der Waals surface area contributed by atoms with Gasteiger partial charge in [0.15, 0.2) is 0 Å². The summed E-state index contributed by atoms with van der Waals surface area (Å²) in [5, 5.41) is 0. The molecule has 0 saturated heterocycles. The van der Waals surface area contributed by atoms with Crippen LogP contribution in [0.25, 0.3) is 19.6 Å². The summed E-state index contributed by atoms with van der Waals surface area (Å²) in [6.07, 6.45) is 6.42. The van der Waals surface area contributed by atoms with Crippen LogP contribution in [0.15, 0.2) is 84.9 Å².